The lowest BCUT2D eigenvalue weighted by Crippen LogP contribution is -2.22. The van der Waals surface area contributed by atoms with Gasteiger partial charge >= 0.3 is 0 Å². The Kier molecular flexibility index (Phi) is 3.42. The first-order valence-corrected chi connectivity index (χ1v) is 7.73. The van der Waals surface area contributed by atoms with Gasteiger partial charge in [-0.15, -0.1) is 10.2 Å². The van der Waals surface area contributed by atoms with E-state index >= 15 is 0 Å². The van der Waals surface area contributed by atoms with E-state index in [1.54, 1.807) is 38.5 Å². The third-order valence-electron chi connectivity index (χ3n) is 4.18. The molecule has 0 aliphatic carbocycles. The average molecular weight is 336 g/mol. The van der Waals surface area contributed by atoms with Crippen LogP contribution in [0, 0.1) is 6.92 Å². The highest BCUT2D eigenvalue weighted by molar-refractivity contribution is 5.81. The van der Waals surface area contributed by atoms with Crippen molar-refractivity contribution in [3.8, 4) is 17.2 Å². The van der Waals surface area contributed by atoms with Gasteiger partial charge < -0.3 is 9.47 Å². The van der Waals surface area contributed by atoms with E-state index in [-0.39, 0.29) is 5.56 Å². The fourth-order valence-electron chi connectivity index (χ4n) is 2.99. The number of hydrogen-bond donors (Lipinski definition) is 0. The van der Waals surface area contributed by atoms with Crippen LogP contribution in [0.15, 0.2) is 47.3 Å². The molecule has 0 spiro atoms. The van der Waals surface area contributed by atoms with Gasteiger partial charge in [0.1, 0.15) is 17.3 Å². The molecule has 0 unspecified atom stereocenters. The van der Waals surface area contributed by atoms with Crippen molar-refractivity contribution in [3.05, 3.63) is 58.6 Å². The van der Waals surface area contributed by atoms with E-state index < -0.39 is 0 Å². The van der Waals surface area contributed by atoms with Crippen LogP contribution in [0.5, 0.6) is 11.5 Å². The molecule has 0 radical (unpaired) electrons. The maximum Gasteiger partial charge on any atom is 0.267 e. The first kappa shape index (κ1) is 15.2. The van der Waals surface area contributed by atoms with Gasteiger partial charge in [0.2, 0.25) is 5.78 Å². The largest absolute Gasteiger partial charge is 0.497 e. The fourth-order valence-corrected chi connectivity index (χ4v) is 2.99. The molecule has 7 nitrogen and oxygen atoms in total. The van der Waals surface area contributed by atoms with E-state index in [9.17, 15) is 4.79 Å². The van der Waals surface area contributed by atoms with Gasteiger partial charge in [-0.3, -0.25) is 9.20 Å². The minimum absolute atomic E-state index is 0.175. The number of hydrogen-bond acceptors (Lipinski definition) is 5. The predicted molar refractivity (Wildman–Crippen MR) is 93.9 cm³/mol. The van der Waals surface area contributed by atoms with Crippen molar-refractivity contribution in [3.63, 3.8) is 0 Å². The van der Waals surface area contributed by atoms with Gasteiger partial charge in [-0.05, 0) is 19.1 Å². The molecule has 25 heavy (non-hydrogen) atoms. The topological polar surface area (TPSA) is 70.7 Å². The Morgan fingerprint density at radius 1 is 0.960 bits per heavy atom. The quantitative estimate of drug-likeness (QED) is 0.574. The Bertz CT molecular complexity index is 1140. The highest BCUT2D eigenvalue weighted by atomic mass is 16.5. The zero-order chi connectivity index (χ0) is 17.6. The number of benzene rings is 2. The Hall–Kier alpha value is -3.35. The van der Waals surface area contributed by atoms with Gasteiger partial charge in [0.15, 0.2) is 0 Å². The molecule has 0 bridgehead atoms. The Labute approximate surface area is 143 Å². The maximum atomic E-state index is 13.2. The van der Waals surface area contributed by atoms with Crippen LogP contribution in [0.1, 0.15) is 5.82 Å². The van der Waals surface area contributed by atoms with Crippen LogP contribution in [0.25, 0.3) is 22.4 Å². The van der Waals surface area contributed by atoms with Gasteiger partial charge in [-0.25, -0.2) is 4.57 Å². The third-order valence-corrected chi connectivity index (χ3v) is 4.18. The molecule has 2 aromatic carbocycles. The lowest BCUT2D eigenvalue weighted by Gasteiger charge is -2.13. The van der Waals surface area contributed by atoms with Gasteiger partial charge in [-0.1, -0.05) is 12.1 Å². The van der Waals surface area contributed by atoms with Crippen molar-refractivity contribution >= 4 is 16.7 Å². The number of nitrogens with zero attached hydrogens (tertiary/aromatic N) is 4. The van der Waals surface area contributed by atoms with Crippen LogP contribution >= 0.6 is 0 Å². The SMILES string of the molecule is COc1cc(OC)cc(-n2c(=O)c3ccccc3n3c(C)nnc23)c1. The second kappa shape index (κ2) is 5.62. The predicted octanol–water partition coefficient (Wildman–Crippen LogP) is 2.36. The van der Waals surface area contributed by atoms with E-state index in [1.165, 1.54) is 4.57 Å². The molecule has 2 aromatic heterocycles. The molecule has 7 heteroatoms. The second-order valence-electron chi connectivity index (χ2n) is 5.61. The molecule has 0 fully saturated rings. The van der Waals surface area contributed by atoms with E-state index in [1.807, 2.05) is 29.5 Å². The lowest BCUT2D eigenvalue weighted by molar-refractivity contribution is 0.394. The highest BCUT2D eigenvalue weighted by Crippen LogP contribution is 2.26. The number of ether oxygens (including phenoxy) is 2. The van der Waals surface area contributed by atoms with Crippen LogP contribution < -0.4 is 15.0 Å². The highest BCUT2D eigenvalue weighted by Gasteiger charge is 2.17. The summed E-state index contributed by atoms with van der Waals surface area (Å²) in [5, 5.41) is 8.94. The maximum absolute atomic E-state index is 13.2. The minimum atomic E-state index is -0.175. The summed E-state index contributed by atoms with van der Waals surface area (Å²) >= 11 is 0. The Morgan fingerprint density at radius 3 is 2.32 bits per heavy atom. The van der Waals surface area contributed by atoms with Gasteiger partial charge in [0.25, 0.3) is 5.56 Å². The lowest BCUT2D eigenvalue weighted by atomic mass is 10.2. The molecule has 4 aromatic rings. The van der Waals surface area contributed by atoms with E-state index in [2.05, 4.69) is 10.2 Å². The number of aryl methyl sites for hydroxylation is 1. The summed E-state index contributed by atoms with van der Waals surface area (Å²) in [6, 6.07) is 12.7. The summed E-state index contributed by atoms with van der Waals surface area (Å²) in [6.07, 6.45) is 0. The van der Waals surface area contributed by atoms with Crippen LogP contribution in [-0.2, 0) is 0 Å². The molecule has 126 valence electrons. The number of aromatic nitrogens is 4. The van der Waals surface area contributed by atoms with E-state index in [0.717, 1.165) is 5.52 Å². The first-order chi connectivity index (χ1) is 12.1. The summed E-state index contributed by atoms with van der Waals surface area (Å²) < 4.78 is 14.0. The molecule has 0 aliphatic rings. The molecule has 4 rings (SSSR count). The zero-order valence-electron chi connectivity index (χ0n) is 14.1. The molecular weight excluding hydrogens is 320 g/mol. The Morgan fingerprint density at radius 2 is 1.64 bits per heavy atom. The molecule has 0 saturated heterocycles. The molecule has 0 aliphatic heterocycles. The molecule has 0 N–H and O–H groups in total. The van der Waals surface area contributed by atoms with Gasteiger partial charge in [0, 0.05) is 18.2 Å². The van der Waals surface area contributed by atoms with Crippen LogP contribution in [0.4, 0.5) is 0 Å². The van der Waals surface area contributed by atoms with E-state index in [4.69, 9.17) is 9.47 Å². The molecule has 0 saturated carbocycles. The van der Waals surface area contributed by atoms with Crippen molar-refractivity contribution < 1.29 is 9.47 Å². The summed E-state index contributed by atoms with van der Waals surface area (Å²) in [5.41, 5.74) is 1.20. The molecule has 2 heterocycles. The van der Waals surface area contributed by atoms with Crippen LogP contribution in [0.2, 0.25) is 0 Å². The third kappa shape index (κ3) is 2.24. The summed E-state index contributed by atoms with van der Waals surface area (Å²) in [6.45, 7) is 1.85. The summed E-state index contributed by atoms with van der Waals surface area (Å²) in [7, 11) is 3.14. The van der Waals surface area contributed by atoms with Gasteiger partial charge in [-0.2, -0.15) is 0 Å². The normalized spacial score (nSPS) is 11.2. The molecular formula is C18H16N4O3. The van der Waals surface area contributed by atoms with Crippen molar-refractivity contribution in [2.75, 3.05) is 14.2 Å². The number of fused-ring (bicyclic) bond motifs is 3. The smallest absolute Gasteiger partial charge is 0.267 e. The Balaban J connectivity index is 2.18. The zero-order valence-corrected chi connectivity index (χ0v) is 14.1. The van der Waals surface area contributed by atoms with Gasteiger partial charge in [0.05, 0.1) is 30.8 Å². The summed E-state index contributed by atoms with van der Waals surface area (Å²) in [4.78, 5) is 13.2. The standard InChI is InChI=1S/C18H16N4O3/c1-11-19-20-18-21(11)16-7-5-4-6-15(16)17(23)22(18)12-8-13(24-2)10-14(9-12)25-3/h4-10H,1-3H3. The van der Waals surface area contributed by atoms with Crippen LogP contribution in [-0.4, -0.2) is 33.4 Å². The molecule has 0 amide bonds. The average Bonchev–Trinajstić information content (AvgIpc) is 3.03. The van der Waals surface area contributed by atoms with E-state index in [0.29, 0.717) is 34.2 Å². The monoisotopic (exact) mass is 336 g/mol. The molecule has 0 atom stereocenters. The fraction of sp³-hybridized carbons (Fsp3) is 0.167. The first-order valence-electron chi connectivity index (χ1n) is 7.73. The number of rotatable bonds is 3. The van der Waals surface area contributed by atoms with Crippen LogP contribution in [0.3, 0.4) is 0 Å². The number of para-hydroxylation sites is 1. The summed E-state index contributed by atoms with van der Waals surface area (Å²) in [5.74, 6) is 2.32. The second-order valence-corrected chi connectivity index (χ2v) is 5.61. The van der Waals surface area contributed by atoms with Crippen molar-refractivity contribution in [1.29, 1.82) is 0 Å². The number of methoxy groups -OCH3 is 2. The van der Waals surface area contributed by atoms with Crippen molar-refractivity contribution in [2.45, 2.75) is 6.92 Å². The van der Waals surface area contributed by atoms with Crippen molar-refractivity contribution in [2.24, 2.45) is 0 Å². The van der Waals surface area contributed by atoms with Crippen molar-refractivity contribution in [1.82, 2.24) is 19.2 Å². The minimum Gasteiger partial charge on any atom is -0.497 e.